The lowest BCUT2D eigenvalue weighted by molar-refractivity contribution is 0.170. The largest absolute Gasteiger partial charge is 0.323 e. The third-order valence-electron chi connectivity index (χ3n) is 4.35. The molecule has 1 nitrogen and oxygen atoms in total. The van der Waals surface area contributed by atoms with Crippen LogP contribution in [0.1, 0.15) is 61.8 Å². The van der Waals surface area contributed by atoms with Crippen LogP contribution in [0.2, 0.25) is 0 Å². The van der Waals surface area contributed by atoms with E-state index in [1.165, 1.54) is 48.8 Å². The zero-order chi connectivity index (χ0) is 12.5. The van der Waals surface area contributed by atoms with Gasteiger partial charge in [-0.25, -0.2) is 0 Å². The lowest BCUT2D eigenvalue weighted by Crippen LogP contribution is -2.33. The molecule has 1 atom stereocenters. The number of nitrogens with two attached hydrogens (primary N) is 1. The summed E-state index contributed by atoms with van der Waals surface area (Å²) in [5, 5.41) is 0. The predicted octanol–water partition coefficient (Wildman–Crippen LogP) is 4.27. The van der Waals surface area contributed by atoms with Gasteiger partial charge >= 0.3 is 0 Å². The Morgan fingerprint density at radius 1 is 1.00 bits per heavy atom. The topological polar surface area (TPSA) is 26.0 Å². The van der Waals surface area contributed by atoms with E-state index in [-0.39, 0.29) is 6.04 Å². The van der Waals surface area contributed by atoms with Gasteiger partial charge in [-0.3, -0.25) is 0 Å². The van der Waals surface area contributed by atoms with E-state index >= 15 is 0 Å². The molecule has 0 aromatic heterocycles. The highest BCUT2D eigenvalue weighted by Crippen LogP contribution is 2.44. The highest BCUT2D eigenvalue weighted by atomic mass is 14.7. The van der Waals surface area contributed by atoms with Crippen molar-refractivity contribution >= 4 is 0 Å². The Morgan fingerprint density at radius 3 is 2.06 bits per heavy atom. The summed E-state index contributed by atoms with van der Waals surface area (Å²) >= 11 is 0. The average Bonchev–Trinajstić information content (AvgIpc) is 2.27. The van der Waals surface area contributed by atoms with Gasteiger partial charge < -0.3 is 5.73 Å². The van der Waals surface area contributed by atoms with Gasteiger partial charge in [0.25, 0.3) is 0 Å². The van der Waals surface area contributed by atoms with Crippen molar-refractivity contribution in [1.82, 2.24) is 0 Å². The van der Waals surface area contributed by atoms with Crippen LogP contribution in [0.4, 0.5) is 0 Å². The number of benzene rings is 1. The van der Waals surface area contributed by atoms with Crippen molar-refractivity contribution in [3.8, 4) is 0 Å². The summed E-state index contributed by atoms with van der Waals surface area (Å²) in [7, 11) is 0. The number of hydrogen-bond acceptors (Lipinski definition) is 1. The van der Waals surface area contributed by atoms with E-state index < -0.39 is 0 Å². The van der Waals surface area contributed by atoms with Crippen LogP contribution in [0.5, 0.6) is 0 Å². The van der Waals surface area contributed by atoms with Crippen LogP contribution in [-0.4, -0.2) is 0 Å². The summed E-state index contributed by atoms with van der Waals surface area (Å²) in [6, 6.07) is 6.94. The lowest BCUT2D eigenvalue weighted by Gasteiger charge is -2.39. The molecule has 0 amide bonds. The van der Waals surface area contributed by atoms with E-state index in [4.69, 9.17) is 5.73 Å². The molecule has 0 aliphatic heterocycles. The molecule has 1 saturated carbocycles. The molecule has 0 spiro atoms. The van der Waals surface area contributed by atoms with Crippen LogP contribution in [-0.2, 0) is 0 Å². The third-order valence-corrected chi connectivity index (χ3v) is 4.35. The summed E-state index contributed by atoms with van der Waals surface area (Å²) in [6.07, 6.45) is 6.63. The standard InChI is InChI=1S/C16H25N/c1-12-9-13(2)11-14(10-12)15(17)16(3)7-5-4-6-8-16/h9-11,15H,4-8,17H2,1-3H3. The molecule has 0 saturated heterocycles. The molecule has 2 rings (SSSR count). The fraction of sp³-hybridized carbons (Fsp3) is 0.625. The Morgan fingerprint density at radius 2 is 1.53 bits per heavy atom. The van der Waals surface area contributed by atoms with Crippen molar-refractivity contribution in [2.45, 2.75) is 58.9 Å². The fourth-order valence-corrected chi connectivity index (χ4v) is 3.26. The van der Waals surface area contributed by atoms with Crippen LogP contribution in [0.3, 0.4) is 0 Å². The van der Waals surface area contributed by atoms with Gasteiger partial charge in [0.05, 0.1) is 0 Å². The maximum absolute atomic E-state index is 6.54. The quantitative estimate of drug-likeness (QED) is 0.808. The van der Waals surface area contributed by atoms with Crippen molar-refractivity contribution in [3.05, 3.63) is 34.9 Å². The molecular weight excluding hydrogens is 206 g/mol. The van der Waals surface area contributed by atoms with Crippen LogP contribution in [0, 0.1) is 19.3 Å². The number of hydrogen-bond donors (Lipinski definition) is 1. The summed E-state index contributed by atoms with van der Waals surface area (Å²) in [6.45, 7) is 6.69. The van der Waals surface area contributed by atoms with Crippen molar-refractivity contribution in [2.24, 2.45) is 11.1 Å². The van der Waals surface area contributed by atoms with E-state index in [2.05, 4.69) is 39.0 Å². The minimum atomic E-state index is 0.196. The average molecular weight is 231 g/mol. The number of rotatable bonds is 2. The van der Waals surface area contributed by atoms with E-state index in [9.17, 15) is 0 Å². The SMILES string of the molecule is Cc1cc(C)cc(C(N)C2(C)CCCCC2)c1. The normalized spacial score (nSPS) is 21.2. The van der Waals surface area contributed by atoms with Crippen LogP contribution >= 0.6 is 0 Å². The molecular formula is C16H25N. The van der Waals surface area contributed by atoms with Crippen molar-refractivity contribution in [3.63, 3.8) is 0 Å². The van der Waals surface area contributed by atoms with Gasteiger partial charge in [-0.1, -0.05) is 55.5 Å². The predicted molar refractivity (Wildman–Crippen MR) is 74.0 cm³/mol. The number of aryl methyl sites for hydroxylation is 2. The third kappa shape index (κ3) is 2.71. The lowest BCUT2D eigenvalue weighted by atomic mass is 9.69. The fourth-order valence-electron chi connectivity index (χ4n) is 3.26. The summed E-state index contributed by atoms with van der Waals surface area (Å²) in [4.78, 5) is 0. The summed E-state index contributed by atoms with van der Waals surface area (Å²) < 4.78 is 0. The molecule has 2 N–H and O–H groups in total. The van der Waals surface area contributed by atoms with E-state index in [0.29, 0.717) is 5.41 Å². The highest BCUT2D eigenvalue weighted by Gasteiger charge is 2.34. The van der Waals surface area contributed by atoms with E-state index in [1.54, 1.807) is 0 Å². The molecule has 1 fully saturated rings. The second kappa shape index (κ2) is 4.81. The zero-order valence-electron chi connectivity index (χ0n) is 11.4. The van der Waals surface area contributed by atoms with Gasteiger partial charge in [0.2, 0.25) is 0 Å². The highest BCUT2D eigenvalue weighted by molar-refractivity contribution is 5.31. The maximum atomic E-state index is 6.54. The molecule has 1 heteroatoms. The smallest absolute Gasteiger partial charge is 0.0349 e. The second-order valence-corrected chi connectivity index (χ2v) is 6.11. The van der Waals surface area contributed by atoms with Crippen molar-refractivity contribution < 1.29 is 0 Å². The molecule has 0 bridgehead atoms. The zero-order valence-corrected chi connectivity index (χ0v) is 11.4. The Hall–Kier alpha value is -0.820. The molecule has 1 unspecified atom stereocenters. The molecule has 0 heterocycles. The van der Waals surface area contributed by atoms with Gasteiger partial charge in [0.15, 0.2) is 0 Å². The van der Waals surface area contributed by atoms with Gasteiger partial charge in [0, 0.05) is 6.04 Å². The first-order chi connectivity index (χ1) is 8.01. The molecule has 1 aromatic carbocycles. The monoisotopic (exact) mass is 231 g/mol. The molecule has 1 aromatic rings. The molecule has 1 aliphatic rings. The molecule has 0 radical (unpaired) electrons. The summed E-state index contributed by atoms with van der Waals surface area (Å²) in [5.41, 5.74) is 10.8. The maximum Gasteiger partial charge on any atom is 0.0349 e. The minimum Gasteiger partial charge on any atom is -0.323 e. The van der Waals surface area contributed by atoms with Crippen molar-refractivity contribution in [1.29, 1.82) is 0 Å². The first kappa shape index (κ1) is 12.6. The Labute approximate surface area is 105 Å². The van der Waals surface area contributed by atoms with Gasteiger partial charge in [0.1, 0.15) is 0 Å². The first-order valence-electron chi connectivity index (χ1n) is 6.85. The Bertz CT molecular complexity index is 368. The molecule has 94 valence electrons. The Balaban J connectivity index is 2.26. The van der Waals surface area contributed by atoms with Crippen LogP contribution in [0.15, 0.2) is 18.2 Å². The van der Waals surface area contributed by atoms with E-state index in [0.717, 1.165) is 0 Å². The second-order valence-electron chi connectivity index (χ2n) is 6.11. The summed E-state index contributed by atoms with van der Waals surface area (Å²) in [5.74, 6) is 0. The minimum absolute atomic E-state index is 0.196. The van der Waals surface area contributed by atoms with Crippen molar-refractivity contribution in [2.75, 3.05) is 0 Å². The Kier molecular flexibility index (Phi) is 3.58. The van der Waals surface area contributed by atoms with Crippen LogP contribution < -0.4 is 5.73 Å². The molecule has 1 aliphatic carbocycles. The molecule has 17 heavy (non-hydrogen) atoms. The van der Waals surface area contributed by atoms with Crippen LogP contribution in [0.25, 0.3) is 0 Å². The first-order valence-corrected chi connectivity index (χ1v) is 6.85. The van der Waals surface area contributed by atoms with E-state index in [1.807, 2.05) is 0 Å². The van der Waals surface area contributed by atoms with Gasteiger partial charge in [-0.15, -0.1) is 0 Å². The van der Waals surface area contributed by atoms with Gasteiger partial charge in [-0.05, 0) is 37.7 Å². The van der Waals surface area contributed by atoms with Gasteiger partial charge in [-0.2, -0.15) is 0 Å².